The smallest absolute Gasteiger partial charge is 0.226 e. The number of benzene rings is 3. The van der Waals surface area contributed by atoms with Crippen molar-refractivity contribution in [3.8, 4) is 5.75 Å². The number of fused-ring (bicyclic) bond motifs is 3. The molecule has 0 bridgehead atoms. The summed E-state index contributed by atoms with van der Waals surface area (Å²) in [5.74, 6) is 1.33. The summed E-state index contributed by atoms with van der Waals surface area (Å²) in [7, 11) is 0. The van der Waals surface area contributed by atoms with E-state index in [0.717, 1.165) is 33.7 Å². The second-order valence-corrected chi connectivity index (χ2v) is 9.40. The molecule has 2 aliphatic rings. The first-order chi connectivity index (χ1) is 16.0. The van der Waals surface area contributed by atoms with Crippen molar-refractivity contribution in [2.24, 2.45) is 0 Å². The van der Waals surface area contributed by atoms with Crippen molar-refractivity contribution in [1.29, 1.82) is 0 Å². The fraction of sp³-hybridized carbons (Fsp3) is 0.0833. The van der Waals surface area contributed by atoms with Gasteiger partial charge in [0.15, 0.2) is 6.10 Å². The third-order valence-electron chi connectivity index (χ3n) is 5.82. The maximum atomic E-state index is 6.70. The van der Waals surface area contributed by atoms with Crippen LogP contribution >= 0.6 is 46.4 Å². The monoisotopic (exact) mass is 514 g/mol. The Balaban J connectivity index is 1.66. The lowest BCUT2D eigenvalue weighted by Crippen LogP contribution is -2.32. The van der Waals surface area contributed by atoms with Crippen molar-refractivity contribution in [3.05, 3.63) is 109 Å². The van der Waals surface area contributed by atoms with Crippen LogP contribution in [-0.2, 0) is 0 Å². The average molecular weight is 516 g/mol. The molecule has 9 heteroatoms. The molecule has 5 nitrogen and oxygen atoms in total. The zero-order chi connectivity index (χ0) is 22.7. The van der Waals surface area contributed by atoms with Crippen LogP contribution in [0.1, 0.15) is 28.8 Å². The van der Waals surface area contributed by atoms with Crippen LogP contribution in [-0.4, -0.2) is 14.8 Å². The number of nitrogens with zero attached hydrogens (tertiary/aromatic N) is 3. The van der Waals surface area contributed by atoms with Gasteiger partial charge in [-0.25, -0.2) is 4.68 Å². The van der Waals surface area contributed by atoms with Gasteiger partial charge in [-0.3, -0.25) is 0 Å². The van der Waals surface area contributed by atoms with Crippen molar-refractivity contribution in [3.63, 3.8) is 0 Å². The van der Waals surface area contributed by atoms with E-state index in [4.69, 9.17) is 51.1 Å². The van der Waals surface area contributed by atoms with Gasteiger partial charge in [0.05, 0.1) is 5.70 Å². The second kappa shape index (κ2) is 7.96. The van der Waals surface area contributed by atoms with E-state index < -0.39 is 12.1 Å². The van der Waals surface area contributed by atoms with E-state index >= 15 is 0 Å². The summed E-state index contributed by atoms with van der Waals surface area (Å²) in [5.41, 5.74) is 4.30. The number of hydrogen-bond donors (Lipinski definition) is 1. The van der Waals surface area contributed by atoms with E-state index in [1.807, 2.05) is 42.5 Å². The topological polar surface area (TPSA) is 52.0 Å². The van der Waals surface area contributed by atoms with Gasteiger partial charge in [0.2, 0.25) is 5.95 Å². The minimum absolute atomic E-state index is 0.409. The summed E-state index contributed by atoms with van der Waals surface area (Å²) in [4.78, 5) is 4.42. The summed E-state index contributed by atoms with van der Waals surface area (Å²) >= 11 is 25.7. The predicted octanol–water partition coefficient (Wildman–Crippen LogP) is 7.45. The minimum Gasteiger partial charge on any atom is -0.480 e. The summed E-state index contributed by atoms with van der Waals surface area (Å²) in [6.45, 7) is 0. The molecule has 1 aromatic heterocycles. The molecule has 1 N–H and O–H groups in total. The van der Waals surface area contributed by atoms with Crippen LogP contribution in [0.2, 0.25) is 20.1 Å². The molecule has 0 aliphatic carbocycles. The molecule has 0 amide bonds. The van der Waals surface area contributed by atoms with E-state index in [0.29, 0.717) is 26.0 Å². The first-order valence-electron chi connectivity index (χ1n) is 10.1. The molecule has 2 atom stereocenters. The summed E-state index contributed by atoms with van der Waals surface area (Å²) in [6.07, 6.45) is 0.982. The minimum atomic E-state index is -0.527. The number of rotatable bonds is 2. The number of aromatic nitrogens is 3. The Hall–Kier alpha value is -2.70. The van der Waals surface area contributed by atoms with Gasteiger partial charge in [-0.2, -0.15) is 10.1 Å². The summed E-state index contributed by atoms with van der Waals surface area (Å²) in [5, 5.41) is 10.1. The SMILES string of the molecule is Clc1ccc([C@@H]2Oc3ccccc3C3=C2[C@H](c2ccc(Cl)cc2Cl)n2ncnc2N3)c(Cl)c1. The van der Waals surface area contributed by atoms with Crippen LogP contribution < -0.4 is 10.1 Å². The fourth-order valence-electron chi connectivity index (χ4n) is 4.41. The van der Waals surface area contributed by atoms with E-state index in [9.17, 15) is 0 Å². The molecular formula is C24H14Cl4N4O. The third-order valence-corrected chi connectivity index (χ3v) is 6.95. The molecule has 33 heavy (non-hydrogen) atoms. The number of anilines is 1. The van der Waals surface area contributed by atoms with E-state index in [2.05, 4.69) is 15.4 Å². The zero-order valence-electron chi connectivity index (χ0n) is 16.8. The van der Waals surface area contributed by atoms with Gasteiger partial charge < -0.3 is 10.1 Å². The molecule has 164 valence electrons. The molecule has 0 spiro atoms. The van der Waals surface area contributed by atoms with Gasteiger partial charge in [-0.1, -0.05) is 70.7 Å². The highest BCUT2D eigenvalue weighted by atomic mass is 35.5. The van der Waals surface area contributed by atoms with Crippen molar-refractivity contribution in [1.82, 2.24) is 14.8 Å². The predicted molar refractivity (Wildman–Crippen MR) is 131 cm³/mol. The first-order valence-corrected chi connectivity index (χ1v) is 11.6. The lowest BCUT2D eigenvalue weighted by atomic mass is 9.84. The molecule has 0 saturated heterocycles. The van der Waals surface area contributed by atoms with Crippen LogP contribution in [0, 0.1) is 0 Å². The summed E-state index contributed by atoms with van der Waals surface area (Å²) in [6, 6.07) is 18.3. The van der Waals surface area contributed by atoms with Gasteiger partial charge in [0.25, 0.3) is 0 Å². The Bertz CT molecular complexity index is 1450. The Morgan fingerprint density at radius 3 is 2.27 bits per heavy atom. The molecule has 3 heterocycles. The molecule has 0 unspecified atom stereocenters. The largest absolute Gasteiger partial charge is 0.480 e. The second-order valence-electron chi connectivity index (χ2n) is 7.71. The Morgan fingerprint density at radius 2 is 1.55 bits per heavy atom. The molecule has 3 aromatic carbocycles. The average Bonchev–Trinajstić information content (AvgIpc) is 3.26. The Labute approximate surface area is 209 Å². The van der Waals surface area contributed by atoms with E-state index in [-0.39, 0.29) is 0 Å². The molecule has 0 fully saturated rings. The number of ether oxygens (including phenoxy) is 1. The van der Waals surface area contributed by atoms with Crippen LogP contribution in [0.25, 0.3) is 5.70 Å². The third kappa shape index (κ3) is 3.39. The van der Waals surface area contributed by atoms with Gasteiger partial charge in [-0.15, -0.1) is 0 Å². The Morgan fingerprint density at radius 1 is 0.848 bits per heavy atom. The molecular weight excluding hydrogens is 502 g/mol. The van der Waals surface area contributed by atoms with Crippen molar-refractivity contribution in [2.45, 2.75) is 12.1 Å². The van der Waals surface area contributed by atoms with Crippen LogP contribution in [0.15, 0.2) is 72.6 Å². The van der Waals surface area contributed by atoms with Gasteiger partial charge in [0.1, 0.15) is 18.1 Å². The highest BCUT2D eigenvalue weighted by molar-refractivity contribution is 6.35. The quantitative estimate of drug-likeness (QED) is 0.301. The van der Waals surface area contributed by atoms with Crippen molar-refractivity contribution >= 4 is 58.0 Å². The fourth-order valence-corrected chi connectivity index (χ4v) is 5.43. The number of para-hydroxylation sites is 1. The number of halogens is 4. The van der Waals surface area contributed by atoms with Crippen LogP contribution in [0.4, 0.5) is 5.95 Å². The standard InChI is InChI=1S/C24H14Cl4N4O/c25-12-5-7-14(17(27)9-12)22-20-21(31-24-29-11-30-32(22)24)16-3-1-2-4-19(16)33-23(20)15-8-6-13(26)10-18(15)28/h1-11,22-23H,(H,29,30,31)/t22-,23-/m0/s1. The molecule has 6 rings (SSSR count). The molecule has 4 aromatic rings. The van der Waals surface area contributed by atoms with E-state index in [1.54, 1.807) is 22.9 Å². The number of hydrogen-bond acceptors (Lipinski definition) is 4. The van der Waals surface area contributed by atoms with Gasteiger partial charge in [-0.05, 0) is 42.0 Å². The van der Waals surface area contributed by atoms with Gasteiger partial charge >= 0.3 is 0 Å². The van der Waals surface area contributed by atoms with Crippen LogP contribution in [0.3, 0.4) is 0 Å². The highest BCUT2D eigenvalue weighted by Gasteiger charge is 2.42. The molecule has 0 saturated carbocycles. The number of nitrogens with one attached hydrogen (secondary N) is 1. The van der Waals surface area contributed by atoms with Crippen LogP contribution in [0.5, 0.6) is 5.75 Å². The van der Waals surface area contributed by atoms with Crippen molar-refractivity contribution < 1.29 is 4.74 Å². The maximum Gasteiger partial charge on any atom is 0.226 e. The maximum absolute atomic E-state index is 6.70. The first kappa shape index (κ1) is 20.9. The summed E-state index contributed by atoms with van der Waals surface area (Å²) < 4.78 is 8.35. The van der Waals surface area contributed by atoms with E-state index in [1.165, 1.54) is 6.33 Å². The lowest BCUT2D eigenvalue weighted by molar-refractivity contribution is 0.223. The normalized spacial score (nSPS) is 18.7. The zero-order valence-corrected chi connectivity index (χ0v) is 19.8. The highest BCUT2D eigenvalue weighted by Crippen LogP contribution is 2.52. The molecule has 2 aliphatic heterocycles. The van der Waals surface area contributed by atoms with Crippen molar-refractivity contribution in [2.75, 3.05) is 5.32 Å². The van der Waals surface area contributed by atoms with Gasteiger partial charge in [0, 0.05) is 36.8 Å². The lowest BCUT2D eigenvalue weighted by Gasteiger charge is -2.39. The Kier molecular flexibility index (Phi) is 5.03. The molecule has 0 radical (unpaired) electrons.